The number of aromatic nitrogens is 1. The molecule has 0 radical (unpaired) electrons. The first-order valence-electron chi connectivity index (χ1n) is 8.64. The lowest BCUT2D eigenvalue weighted by Crippen LogP contribution is -2.93. The largest absolute Gasteiger partial charge is 0.493 e. The molecule has 6 nitrogen and oxygen atoms in total. The van der Waals surface area contributed by atoms with Crippen molar-refractivity contribution in [2.75, 3.05) is 6.61 Å². The standard InChI is InChI=1S/C19H20N4O2S/c1-12-2-5-14(17(8-12)25-9-13-3-4-13)15-6-7-18(23-22-15)21-19(24)16-10-26-11-20-16/h2,5-8,10-11,13,22-23H,3-4,9H2,1H3,(H,21,24)/p+1. The summed E-state index contributed by atoms with van der Waals surface area (Å²) >= 11 is 1.40. The summed E-state index contributed by atoms with van der Waals surface area (Å²) in [5.74, 6) is 2.08. The van der Waals surface area contributed by atoms with E-state index < -0.39 is 0 Å². The van der Waals surface area contributed by atoms with Crippen LogP contribution in [0.15, 0.2) is 47.1 Å². The first-order valence-corrected chi connectivity index (χ1v) is 9.58. The summed E-state index contributed by atoms with van der Waals surface area (Å²) in [6, 6.07) is 6.21. The summed E-state index contributed by atoms with van der Waals surface area (Å²) < 4.78 is 6.04. The number of nitrogens with one attached hydrogen (secondary N) is 2. The van der Waals surface area contributed by atoms with Gasteiger partial charge in [0.15, 0.2) is 0 Å². The average molecular weight is 369 g/mol. The molecule has 26 heavy (non-hydrogen) atoms. The van der Waals surface area contributed by atoms with Crippen molar-refractivity contribution in [3.05, 3.63) is 63.9 Å². The zero-order valence-electron chi connectivity index (χ0n) is 14.5. The number of quaternary nitrogens is 1. The molecule has 4 rings (SSSR count). The van der Waals surface area contributed by atoms with Gasteiger partial charge in [0.25, 0.3) is 5.91 Å². The Balaban J connectivity index is 1.49. The summed E-state index contributed by atoms with van der Waals surface area (Å²) in [6.07, 6.45) is 6.35. The van der Waals surface area contributed by atoms with E-state index in [9.17, 15) is 4.79 Å². The maximum atomic E-state index is 12.1. The van der Waals surface area contributed by atoms with Crippen molar-refractivity contribution in [2.24, 2.45) is 5.92 Å². The molecular weight excluding hydrogens is 348 g/mol. The zero-order valence-corrected chi connectivity index (χ0v) is 15.3. The predicted molar refractivity (Wildman–Crippen MR) is 100 cm³/mol. The van der Waals surface area contributed by atoms with E-state index in [1.165, 1.54) is 29.7 Å². The molecule has 0 bridgehead atoms. The van der Waals surface area contributed by atoms with Gasteiger partial charge in [-0.25, -0.2) is 10.4 Å². The van der Waals surface area contributed by atoms with E-state index >= 15 is 0 Å². The molecule has 1 aliphatic carbocycles. The molecule has 7 heteroatoms. The first-order chi connectivity index (χ1) is 12.7. The number of ether oxygens (including phenoxy) is 1. The number of benzene rings is 1. The number of amides is 1. The van der Waals surface area contributed by atoms with Crippen molar-refractivity contribution in [3.63, 3.8) is 0 Å². The smallest absolute Gasteiger partial charge is 0.279 e. The van der Waals surface area contributed by atoms with Crippen LogP contribution in [0.5, 0.6) is 5.75 Å². The highest BCUT2D eigenvalue weighted by atomic mass is 32.1. The second kappa shape index (κ2) is 7.31. The van der Waals surface area contributed by atoms with Gasteiger partial charge in [-0.3, -0.25) is 10.1 Å². The Hall–Kier alpha value is -2.64. The fraction of sp³-hybridized carbons (Fsp3) is 0.263. The number of carbonyl (C=O) groups is 1. The van der Waals surface area contributed by atoms with Gasteiger partial charge < -0.3 is 4.74 Å². The van der Waals surface area contributed by atoms with E-state index in [-0.39, 0.29) is 5.91 Å². The van der Waals surface area contributed by atoms with Crippen LogP contribution in [-0.4, -0.2) is 17.5 Å². The number of thiazole rings is 1. The van der Waals surface area contributed by atoms with Gasteiger partial charge in [-0.05, 0) is 49.5 Å². The van der Waals surface area contributed by atoms with Gasteiger partial charge in [-0.15, -0.1) is 11.3 Å². The molecule has 4 N–H and O–H groups in total. The summed E-state index contributed by atoms with van der Waals surface area (Å²) in [4.78, 5) is 16.1. The highest BCUT2D eigenvalue weighted by Crippen LogP contribution is 2.32. The number of nitrogens with two attached hydrogens (primary N) is 1. The van der Waals surface area contributed by atoms with Gasteiger partial charge >= 0.3 is 0 Å². The Morgan fingerprint density at radius 2 is 2.31 bits per heavy atom. The van der Waals surface area contributed by atoms with Gasteiger partial charge in [-0.1, -0.05) is 6.07 Å². The fourth-order valence-electron chi connectivity index (χ4n) is 2.65. The minimum absolute atomic E-state index is 0.212. The van der Waals surface area contributed by atoms with Crippen molar-refractivity contribution in [1.82, 2.24) is 15.7 Å². The van der Waals surface area contributed by atoms with Gasteiger partial charge in [0.2, 0.25) is 5.82 Å². The Bertz CT molecular complexity index is 870. The molecule has 1 fully saturated rings. The van der Waals surface area contributed by atoms with Gasteiger partial charge in [-0.2, -0.15) is 5.43 Å². The summed E-state index contributed by atoms with van der Waals surface area (Å²) in [6.45, 7) is 2.84. The molecule has 1 amide bonds. The molecular formula is C19H21N4O2S+. The number of hydrogen-bond donors (Lipinski definition) is 3. The van der Waals surface area contributed by atoms with Crippen LogP contribution in [0.1, 0.15) is 34.5 Å². The monoisotopic (exact) mass is 369 g/mol. The minimum Gasteiger partial charge on any atom is -0.493 e. The predicted octanol–water partition coefficient (Wildman–Crippen LogP) is 1.93. The van der Waals surface area contributed by atoms with E-state index in [1.54, 1.807) is 16.3 Å². The van der Waals surface area contributed by atoms with Crippen LogP contribution in [0.2, 0.25) is 0 Å². The van der Waals surface area contributed by atoms with E-state index in [0.717, 1.165) is 23.6 Å². The van der Waals surface area contributed by atoms with Crippen molar-refractivity contribution in [1.29, 1.82) is 0 Å². The maximum absolute atomic E-state index is 12.1. The van der Waals surface area contributed by atoms with E-state index in [1.807, 2.05) is 12.2 Å². The Labute approximate surface area is 156 Å². The van der Waals surface area contributed by atoms with Crippen LogP contribution in [0, 0.1) is 12.8 Å². The number of aryl methyl sites for hydroxylation is 1. The summed E-state index contributed by atoms with van der Waals surface area (Å²) in [5.41, 5.74) is 10.2. The number of rotatable bonds is 6. The Kier molecular flexibility index (Phi) is 4.73. The SMILES string of the molecule is Cc1ccc(C2=CC=C(NC(=O)c3cscn3)[NH2+]N2)c(OCC2CC2)c1. The number of carbonyl (C=O) groups excluding carboxylic acids is 1. The van der Waals surface area contributed by atoms with Crippen LogP contribution in [0.25, 0.3) is 5.70 Å². The minimum atomic E-state index is -0.212. The number of allylic oxidation sites excluding steroid dienone is 2. The molecule has 0 spiro atoms. The number of hydrogen-bond acceptors (Lipinski definition) is 5. The summed E-state index contributed by atoms with van der Waals surface area (Å²) in [7, 11) is 0. The normalized spacial score (nSPS) is 16.3. The van der Waals surface area contributed by atoms with E-state index in [2.05, 4.69) is 40.8 Å². The molecule has 1 aromatic heterocycles. The lowest BCUT2D eigenvalue weighted by molar-refractivity contribution is -0.657. The Morgan fingerprint density at radius 1 is 1.42 bits per heavy atom. The van der Waals surface area contributed by atoms with Crippen molar-refractivity contribution in [2.45, 2.75) is 19.8 Å². The zero-order chi connectivity index (χ0) is 17.9. The second-order valence-corrected chi connectivity index (χ2v) is 7.29. The van der Waals surface area contributed by atoms with Crippen LogP contribution in [0.3, 0.4) is 0 Å². The quantitative estimate of drug-likeness (QED) is 0.680. The highest BCUT2D eigenvalue weighted by molar-refractivity contribution is 7.07. The first kappa shape index (κ1) is 16.8. The third-order valence-corrected chi connectivity index (χ3v) is 4.92. The van der Waals surface area contributed by atoms with E-state index in [0.29, 0.717) is 17.4 Å². The summed E-state index contributed by atoms with van der Waals surface area (Å²) in [5, 5.41) is 4.56. The van der Waals surface area contributed by atoms with Gasteiger partial charge in [0.1, 0.15) is 11.4 Å². The van der Waals surface area contributed by atoms with Crippen molar-refractivity contribution < 1.29 is 15.0 Å². The van der Waals surface area contributed by atoms with Crippen LogP contribution in [0.4, 0.5) is 0 Å². The number of nitrogens with zero attached hydrogens (tertiary/aromatic N) is 1. The fourth-order valence-corrected chi connectivity index (χ4v) is 3.19. The van der Waals surface area contributed by atoms with E-state index in [4.69, 9.17) is 4.74 Å². The second-order valence-electron chi connectivity index (χ2n) is 6.57. The lowest BCUT2D eigenvalue weighted by atomic mass is 10.1. The van der Waals surface area contributed by atoms with Gasteiger partial charge in [0.05, 0.1) is 17.8 Å². The highest BCUT2D eigenvalue weighted by Gasteiger charge is 2.23. The molecule has 0 saturated heterocycles. The average Bonchev–Trinajstić information content (AvgIpc) is 3.31. The van der Waals surface area contributed by atoms with Gasteiger partial charge in [0, 0.05) is 17.0 Å². The molecule has 2 heterocycles. The third kappa shape index (κ3) is 3.95. The third-order valence-electron chi connectivity index (χ3n) is 4.33. The molecule has 2 aliphatic rings. The molecule has 2 aromatic rings. The molecule has 1 aromatic carbocycles. The topological polar surface area (TPSA) is 79.9 Å². The molecule has 134 valence electrons. The molecule has 1 aliphatic heterocycles. The lowest BCUT2D eigenvalue weighted by Gasteiger charge is -2.18. The Morgan fingerprint density at radius 3 is 3.00 bits per heavy atom. The van der Waals surface area contributed by atoms with Crippen molar-refractivity contribution >= 4 is 22.9 Å². The maximum Gasteiger partial charge on any atom is 0.279 e. The van der Waals surface area contributed by atoms with Crippen molar-refractivity contribution in [3.8, 4) is 5.75 Å². The molecule has 0 unspecified atom stereocenters. The van der Waals surface area contributed by atoms with Crippen LogP contribution in [-0.2, 0) is 0 Å². The van der Waals surface area contributed by atoms with Crippen LogP contribution >= 0.6 is 11.3 Å². The van der Waals surface area contributed by atoms with Crippen LogP contribution < -0.4 is 20.9 Å². The molecule has 1 saturated carbocycles. The molecule has 0 atom stereocenters.